The van der Waals surface area contributed by atoms with Gasteiger partial charge in [0.15, 0.2) is 0 Å². The molecule has 3 rings (SSSR count). The van der Waals surface area contributed by atoms with Crippen LogP contribution in [-0.4, -0.2) is 37.7 Å². The molecule has 2 saturated heterocycles. The van der Waals surface area contributed by atoms with E-state index in [1.54, 1.807) is 0 Å². The number of anilines is 1. The van der Waals surface area contributed by atoms with Crippen LogP contribution in [0.3, 0.4) is 0 Å². The van der Waals surface area contributed by atoms with Crippen LogP contribution >= 0.6 is 0 Å². The number of fused-ring (bicyclic) bond motifs is 2. The molecule has 0 amide bonds. The van der Waals surface area contributed by atoms with Crippen LogP contribution in [0.15, 0.2) is 24.3 Å². The Hall–Kier alpha value is -1.55. The van der Waals surface area contributed by atoms with Gasteiger partial charge >= 0.3 is 5.97 Å². The van der Waals surface area contributed by atoms with Gasteiger partial charge in [0.1, 0.15) is 0 Å². The lowest BCUT2D eigenvalue weighted by Crippen LogP contribution is -2.43. The largest absolute Gasteiger partial charge is 0.462 e. The minimum atomic E-state index is -0.242. The van der Waals surface area contributed by atoms with Crippen molar-refractivity contribution in [1.29, 1.82) is 0 Å². The van der Waals surface area contributed by atoms with Gasteiger partial charge in [-0.1, -0.05) is 0 Å². The summed E-state index contributed by atoms with van der Waals surface area (Å²) < 4.78 is 4.98. The van der Waals surface area contributed by atoms with E-state index < -0.39 is 0 Å². The first-order valence-electron chi connectivity index (χ1n) is 6.55. The molecular formula is C14H18N2O2. The minimum Gasteiger partial charge on any atom is -0.462 e. The van der Waals surface area contributed by atoms with Crippen molar-refractivity contribution in [3.8, 4) is 0 Å². The van der Waals surface area contributed by atoms with Crippen molar-refractivity contribution in [3.05, 3.63) is 29.8 Å². The molecule has 0 aromatic heterocycles. The molecule has 2 aliphatic rings. The average Bonchev–Trinajstić information content (AvgIpc) is 3.01. The molecule has 2 aliphatic heterocycles. The number of nitrogens with one attached hydrogen (secondary N) is 1. The second-order valence-corrected chi connectivity index (χ2v) is 4.91. The van der Waals surface area contributed by atoms with E-state index in [0.717, 1.165) is 13.1 Å². The van der Waals surface area contributed by atoms with Crippen LogP contribution in [0.25, 0.3) is 0 Å². The molecular weight excluding hydrogens is 228 g/mol. The summed E-state index contributed by atoms with van der Waals surface area (Å²) >= 11 is 0. The Morgan fingerprint density at radius 1 is 1.44 bits per heavy atom. The highest BCUT2D eigenvalue weighted by molar-refractivity contribution is 5.89. The van der Waals surface area contributed by atoms with Crippen LogP contribution < -0.4 is 10.2 Å². The predicted molar refractivity (Wildman–Crippen MR) is 69.9 cm³/mol. The summed E-state index contributed by atoms with van der Waals surface area (Å²) in [6, 6.07) is 9.00. The van der Waals surface area contributed by atoms with Gasteiger partial charge < -0.3 is 15.0 Å². The number of rotatable bonds is 3. The highest BCUT2D eigenvalue weighted by atomic mass is 16.5. The van der Waals surface area contributed by atoms with Crippen molar-refractivity contribution in [3.63, 3.8) is 0 Å². The summed E-state index contributed by atoms with van der Waals surface area (Å²) in [4.78, 5) is 14.0. The fraction of sp³-hybridized carbons (Fsp3) is 0.500. The van der Waals surface area contributed by atoms with Crippen molar-refractivity contribution in [2.75, 3.05) is 24.6 Å². The van der Waals surface area contributed by atoms with Crippen molar-refractivity contribution in [2.45, 2.75) is 25.4 Å². The van der Waals surface area contributed by atoms with E-state index in [1.807, 2.05) is 31.2 Å². The van der Waals surface area contributed by atoms with Crippen molar-refractivity contribution in [1.82, 2.24) is 5.32 Å². The summed E-state index contributed by atoms with van der Waals surface area (Å²) in [7, 11) is 0. The van der Waals surface area contributed by atoms with Crippen molar-refractivity contribution < 1.29 is 9.53 Å². The van der Waals surface area contributed by atoms with E-state index in [-0.39, 0.29) is 5.97 Å². The third-order valence-corrected chi connectivity index (χ3v) is 3.77. The summed E-state index contributed by atoms with van der Waals surface area (Å²) in [5.41, 5.74) is 1.83. The van der Waals surface area contributed by atoms with E-state index >= 15 is 0 Å². The fourth-order valence-corrected chi connectivity index (χ4v) is 2.88. The standard InChI is InChI=1S/C14H18N2O2/c1-2-18-14(17)10-3-5-12(6-4-10)16-9-11-7-13(16)8-15-11/h3-6,11,13,15H,2,7-9H2,1H3/t11-,13-/m0/s1. The van der Waals surface area contributed by atoms with E-state index in [2.05, 4.69) is 10.2 Å². The topological polar surface area (TPSA) is 41.6 Å². The Morgan fingerprint density at radius 3 is 2.78 bits per heavy atom. The molecule has 1 N–H and O–H groups in total. The number of benzene rings is 1. The van der Waals surface area contributed by atoms with Crippen LogP contribution in [0.5, 0.6) is 0 Å². The number of carbonyl (C=O) groups is 1. The van der Waals surface area contributed by atoms with Crippen LogP contribution in [0.4, 0.5) is 5.69 Å². The Kier molecular flexibility index (Phi) is 2.96. The summed E-state index contributed by atoms with van der Waals surface area (Å²) in [5.74, 6) is -0.242. The number of carbonyl (C=O) groups excluding carboxylic acids is 1. The quantitative estimate of drug-likeness (QED) is 0.819. The van der Waals surface area contributed by atoms with Crippen molar-refractivity contribution >= 4 is 11.7 Å². The zero-order chi connectivity index (χ0) is 12.5. The smallest absolute Gasteiger partial charge is 0.338 e. The summed E-state index contributed by atoms with van der Waals surface area (Å²) in [6.07, 6.45) is 1.24. The lowest BCUT2D eigenvalue weighted by molar-refractivity contribution is 0.0526. The third kappa shape index (κ3) is 1.97. The second-order valence-electron chi connectivity index (χ2n) is 4.91. The minimum absolute atomic E-state index is 0.242. The molecule has 1 aromatic rings. The Balaban J connectivity index is 1.73. The highest BCUT2D eigenvalue weighted by Gasteiger charge is 2.37. The molecule has 2 fully saturated rings. The van der Waals surface area contributed by atoms with Gasteiger partial charge in [0.25, 0.3) is 0 Å². The molecule has 4 heteroatoms. The number of hydrogen-bond donors (Lipinski definition) is 1. The first-order chi connectivity index (χ1) is 8.78. The normalized spacial score (nSPS) is 25.5. The molecule has 0 aliphatic carbocycles. The monoisotopic (exact) mass is 246 g/mol. The Morgan fingerprint density at radius 2 is 2.22 bits per heavy atom. The van der Waals surface area contributed by atoms with E-state index in [0.29, 0.717) is 24.3 Å². The first-order valence-corrected chi connectivity index (χ1v) is 6.55. The van der Waals surface area contributed by atoms with Crippen LogP contribution in [-0.2, 0) is 4.74 Å². The number of piperazine rings is 1. The van der Waals surface area contributed by atoms with Gasteiger partial charge in [-0.25, -0.2) is 4.79 Å². The van der Waals surface area contributed by atoms with Gasteiger partial charge in [0.2, 0.25) is 0 Å². The SMILES string of the molecule is CCOC(=O)c1ccc(N2C[C@@H]3C[C@H]2CN3)cc1. The zero-order valence-corrected chi connectivity index (χ0v) is 10.6. The van der Waals surface area contributed by atoms with Crippen molar-refractivity contribution in [2.24, 2.45) is 0 Å². The highest BCUT2D eigenvalue weighted by Crippen LogP contribution is 2.29. The number of esters is 1. The molecule has 96 valence electrons. The molecule has 1 aromatic carbocycles. The van der Waals surface area contributed by atoms with Gasteiger partial charge in [-0.3, -0.25) is 0 Å². The number of nitrogens with zero attached hydrogens (tertiary/aromatic N) is 1. The maximum absolute atomic E-state index is 11.6. The molecule has 0 saturated carbocycles. The zero-order valence-electron chi connectivity index (χ0n) is 10.6. The molecule has 2 bridgehead atoms. The lowest BCUT2D eigenvalue weighted by Gasteiger charge is -2.29. The predicted octanol–water partition coefficient (Wildman–Crippen LogP) is 1.41. The maximum Gasteiger partial charge on any atom is 0.338 e. The van der Waals surface area contributed by atoms with E-state index in [9.17, 15) is 4.79 Å². The Labute approximate surface area is 107 Å². The lowest BCUT2D eigenvalue weighted by atomic mass is 10.2. The van der Waals surface area contributed by atoms with Gasteiger partial charge in [-0.15, -0.1) is 0 Å². The maximum atomic E-state index is 11.6. The van der Waals surface area contributed by atoms with Crippen LogP contribution in [0.2, 0.25) is 0 Å². The van der Waals surface area contributed by atoms with Gasteiger partial charge in [-0.2, -0.15) is 0 Å². The summed E-state index contributed by atoms with van der Waals surface area (Å²) in [5, 5.41) is 3.49. The molecule has 0 spiro atoms. The van der Waals surface area contributed by atoms with Gasteiger partial charge in [-0.05, 0) is 37.6 Å². The summed E-state index contributed by atoms with van der Waals surface area (Å²) in [6.45, 7) is 4.39. The third-order valence-electron chi connectivity index (χ3n) is 3.77. The second kappa shape index (κ2) is 4.61. The molecule has 2 atom stereocenters. The molecule has 0 unspecified atom stereocenters. The molecule has 4 nitrogen and oxygen atoms in total. The van der Waals surface area contributed by atoms with Gasteiger partial charge in [0.05, 0.1) is 12.2 Å². The number of ether oxygens (including phenoxy) is 1. The average molecular weight is 246 g/mol. The van der Waals surface area contributed by atoms with Crippen LogP contribution in [0, 0.1) is 0 Å². The molecule has 2 heterocycles. The van der Waals surface area contributed by atoms with Crippen LogP contribution in [0.1, 0.15) is 23.7 Å². The molecule has 0 radical (unpaired) electrons. The number of hydrogen-bond acceptors (Lipinski definition) is 4. The molecule has 18 heavy (non-hydrogen) atoms. The van der Waals surface area contributed by atoms with Gasteiger partial charge in [0, 0.05) is 30.9 Å². The first kappa shape index (κ1) is 11.5. The van der Waals surface area contributed by atoms with E-state index in [1.165, 1.54) is 12.1 Å². The fourth-order valence-electron chi connectivity index (χ4n) is 2.88. The van der Waals surface area contributed by atoms with E-state index in [4.69, 9.17) is 4.74 Å². The Bertz CT molecular complexity index is 444.